The lowest BCUT2D eigenvalue weighted by molar-refractivity contribution is -0.134. The van der Waals surface area contributed by atoms with Gasteiger partial charge in [-0.3, -0.25) is 9.59 Å². The molecule has 1 saturated carbocycles. The van der Waals surface area contributed by atoms with Crippen LogP contribution in [0.3, 0.4) is 0 Å². The number of likely N-dealkylation sites (tertiary alicyclic amines) is 1. The molecule has 0 spiro atoms. The first kappa shape index (κ1) is 19.6. The Bertz CT molecular complexity index is 907. The van der Waals surface area contributed by atoms with E-state index >= 15 is 0 Å². The number of hydrogen-bond acceptors (Lipinski definition) is 2. The van der Waals surface area contributed by atoms with Gasteiger partial charge in [-0.1, -0.05) is 36.4 Å². The quantitative estimate of drug-likeness (QED) is 0.810. The largest absolute Gasteiger partial charge is 0.356 e. The van der Waals surface area contributed by atoms with Gasteiger partial charge in [0.2, 0.25) is 11.8 Å². The zero-order valence-electron chi connectivity index (χ0n) is 16.8. The molecular formula is C24H27FN2O2. The number of halogens is 1. The van der Waals surface area contributed by atoms with Crippen molar-refractivity contribution in [2.24, 2.45) is 11.3 Å². The van der Waals surface area contributed by atoms with E-state index in [-0.39, 0.29) is 23.5 Å². The predicted octanol–water partition coefficient (Wildman–Crippen LogP) is 3.80. The van der Waals surface area contributed by atoms with Crippen LogP contribution in [-0.4, -0.2) is 36.3 Å². The third-order valence-electron chi connectivity index (χ3n) is 6.06. The normalized spacial score (nSPS) is 21.2. The molecule has 1 N–H and O–H groups in total. The van der Waals surface area contributed by atoms with E-state index < -0.39 is 5.41 Å². The second-order valence-electron chi connectivity index (χ2n) is 8.31. The fraction of sp³-hybridized carbons (Fsp3) is 0.417. The van der Waals surface area contributed by atoms with Crippen molar-refractivity contribution in [1.29, 1.82) is 0 Å². The van der Waals surface area contributed by atoms with Crippen molar-refractivity contribution in [2.75, 3.05) is 19.6 Å². The molecule has 1 aliphatic heterocycles. The molecule has 1 atom stereocenters. The number of carbonyl (C=O) groups is 2. The summed E-state index contributed by atoms with van der Waals surface area (Å²) in [5.74, 6) is 0.142. The van der Waals surface area contributed by atoms with Crippen LogP contribution in [0.15, 0.2) is 48.5 Å². The smallest absolute Gasteiger partial charge is 0.228 e. The number of benzene rings is 2. The zero-order valence-corrected chi connectivity index (χ0v) is 16.8. The van der Waals surface area contributed by atoms with Crippen LogP contribution in [0.2, 0.25) is 0 Å². The van der Waals surface area contributed by atoms with Gasteiger partial charge in [0.15, 0.2) is 0 Å². The summed E-state index contributed by atoms with van der Waals surface area (Å²) in [5, 5.41) is 2.99. The van der Waals surface area contributed by atoms with Crippen LogP contribution in [-0.2, 0) is 16.0 Å². The molecule has 0 aromatic heterocycles. The van der Waals surface area contributed by atoms with Crippen molar-refractivity contribution in [3.05, 3.63) is 59.9 Å². The van der Waals surface area contributed by atoms with Crippen LogP contribution in [0, 0.1) is 17.2 Å². The molecule has 1 saturated heterocycles. The van der Waals surface area contributed by atoms with E-state index in [4.69, 9.17) is 0 Å². The number of nitrogens with zero attached hydrogens (tertiary/aromatic N) is 1. The first-order valence-corrected chi connectivity index (χ1v) is 10.4. The van der Waals surface area contributed by atoms with Crippen LogP contribution in [0.4, 0.5) is 4.39 Å². The maximum Gasteiger partial charge on any atom is 0.228 e. The molecule has 2 aliphatic rings. The lowest BCUT2D eigenvalue weighted by atomic mass is 9.79. The third-order valence-corrected chi connectivity index (χ3v) is 6.06. The molecule has 1 aliphatic carbocycles. The molecule has 0 bridgehead atoms. The summed E-state index contributed by atoms with van der Waals surface area (Å²) in [4.78, 5) is 27.5. The summed E-state index contributed by atoms with van der Waals surface area (Å²) < 4.78 is 13.3. The average molecular weight is 394 g/mol. The Labute approximate surface area is 171 Å². The van der Waals surface area contributed by atoms with Crippen LogP contribution in [0.1, 0.15) is 31.7 Å². The van der Waals surface area contributed by atoms with Gasteiger partial charge in [-0.25, -0.2) is 4.39 Å². The topological polar surface area (TPSA) is 49.4 Å². The Balaban J connectivity index is 1.58. The number of amides is 2. The van der Waals surface area contributed by atoms with E-state index in [0.29, 0.717) is 32.5 Å². The second-order valence-corrected chi connectivity index (χ2v) is 8.31. The number of rotatable bonds is 6. The van der Waals surface area contributed by atoms with Crippen molar-refractivity contribution in [3.63, 3.8) is 0 Å². The molecule has 2 amide bonds. The summed E-state index contributed by atoms with van der Waals surface area (Å²) in [7, 11) is 0. The van der Waals surface area contributed by atoms with E-state index in [1.165, 1.54) is 12.1 Å². The average Bonchev–Trinajstić information content (AvgIpc) is 3.49. The molecular weight excluding hydrogens is 367 g/mol. The van der Waals surface area contributed by atoms with Crippen LogP contribution in [0.25, 0.3) is 11.1 Å². The molecule has 2 aromatic rings. The summed E-state index contributed by atoms with van der Waals surface area (Å²) in [6, 6.07) is 14.5. The Morgan fingerprint density at radius 3 is 2.59 bits per heavy atom. The molecule has 29 heavy (non-hydrogen) atoms. The predicted molar refractivity (Wildman–Crippen MR) is 111 cm³/mol. The van der Waals surface area contributed by atoms with E-state index in [1.807, 2.05) is 30.0 Å². The maximum atomic E-state index is 13.3. The Morgan fingerprint density at radius 2 is 1.90 bits per heavy atom. The highest BCUT2D eigenvalue weighted by Crippen LogP contribution is 2.39. The van der Waals surface area contributed by atoms with Crippen molar-refractivity contribution >= 4 is 11.8 Å². The van der Waals surface area contributed by atoms with Crippen LogP contribution >= 0.6 is 0 Å². The van der Waals surface area contributed by atoms with Crippen molar-refractivity contribution in [3.8, 4) is 11.1 Å². The lowest BCUT2D eigenvalue weighted by Gasteiger charge is -2.28. The number of hydrogen-bond donors (Lipinski definition) is 1. The Morgan fingerprint density at radius 1 is 1.14 bits per heavy atom. The lowest BCUT2D eigenvalue weighted by Crippen LogP contribution is -2.45. The first-order valence-electron chi connectivity index (χ1n) is 10.4. The van der Waals surface area contributed by atoms with Gasteiger partial charge >= 0.3 is 0 Å². The third kappa shape index (κ3) is 4.19. The Kier molecular flexibility index (Phi) is 5.39. The van der Waals surface area contributed by atoms with Gasteiger partial charge in [0.05, 0.1) is 5.41 Å². The zero-order chi connectivity index (χ0) is 20.4. The van der Waals surface area contributed by atoms with Gasteiger partial charge in [0.1, 0.15) is 5.82 Å². The summed E-state index contributed by atoms with van der Waals surface area (Å²) >= 11 is 0. The van der Waals surface area contributed by atoms with E-state index in [1.54, 1.807) is 12.1 Å². The summed E-state index contributed by atoms with van der Waals surface area (Å²) in [5.41, 5.74) is 2.40. The number of carbonyl (C=O) groups excluding carboxylic acids is 2. The minimum Gasteiger partial charge on any atom is -0.356 e. The summed E-state index contributed by atoms with van der Waals surface area (Å²) in [6.07, 6.45) is 3.22. The van der Waals surface area contributed by atoms with E-state index in [2.05, 4.69) is 11.4 Å². The molecule has 5 heteroatoms. The fourth-order valence-electron chi connectivity index (χ4n) is 4.30. The highest BCUT2D eigenvalue weighted by atomic mass is 19.1. The standard InChI is InChI=1S/C24H27FN2O2/c1-2-26-23(29)24(12-13-27(16-24)22(28)19-6-7-19)15-17-4-3-5-20(14-17)18-8-10-21(25)11-9-18/h3-5,8-11,14,19H,2,6-7,12-13,15-16H2,1H3,(H,26,29)/t24-/m1/s1. The molecule has 4 nitrogen and oxygen atoms in total. The molecule has 0 radical (unpaired) electrons. The minimum absolute atomic E-state index is 0.0262. The molecule has 2 fully saturated rings. The van der Waals surface area contributed by atoms with Gasteiger partial charge < -0.3 is 10.2 Å². The fourth-order valence-corrected chi connectivity index (χ4v) is 4.30. The molecule has 152 valence electrons. The van der Waals surface area contributed by atoms with Crippen molar-refractivity contribution in [2.45, 2.75) is 32.6 Å². The molecule has 1 heterocycles. The van der Waals surface area contributed by atoms with Crippen molar-refractivity contribution < 1.29 is 14.0 Å². The highest BCUT2D eigenvalue weighted by molar-refractivity contribution is 5.87. The SMILES string of the molecule is CCNC(=O)[C@@]1(Cc2cccc(-c3ccc(F)cc3)c2)CCN(C(=O)C2CC2)C1. The van der Waals surface area contributed by atoms with Gasteiger partial charge in [0.25, 0.3) is 0 Å². The van der Waals surface area contributed by atoms with Gasteiger partial charge in [-0.15, -0.1) is 0 Å². The monoisotopic (exact) mass is 394 g/mol. The summed E-state index contributed by atoms with van der Waals surface area (Å²) in [6.45, 7) is 3.62. The van der Waals surface area contributed by atoms with Crippen molar-refractivity contribution in [1.82, 2.24) is 10.2 Å². The second kappa shape index (κ2) is 7.97. The van der Waals surface area contributed by atoms with Gasteiger partial charge in [-0.2, -0.15) is 0 Å². The maximum absolute atomic E-state index is 13.3. The molecule has 4 rings (SSSR count). The molecule has 0 unspecified atom stereocenters. The molecule has 2 aromatic carbocycles. The minimum atomic E-state index is -0.595. The van der Waals surface area contributed by atoms with Gasteiger partial charge in [-0.05, 0) is 61.4 Å². The van der Waals surface area contributed by atoms with Crippen LogP contribution in [0.5, 0.6) is 0 Å². The Hall–Kier alpha value is -2.69. The van der Waals surface area contributed by atoms with Crippen LogP contribution < -0.4 is 5.32 Å². The number of nitrogens with one attached hydrogen (secondary N) is 1. The first-order chi connectivity index (χ1) is 14.0. The van der Waals surface area contributed by atoms with Gasteiger partial charge in [0, 0.05) is 25.6 Å². The van der Waals surface area contributed by atoms with E-state index in [0.717, 1.165) is 29.5 Å². The van der Waals surface area contributed by atoms with E-state index in [9.17, 15) is 14.0 Å². The highest BCUT2D eigenvalue weighted by Gasteiger charge is 2.47.